The van der Waals surface area contributed by atoms with Gasteiger partial charge in [-0.25, -0.2) is 4.98 Å². The summed E-state index contributed by atoms with van der Waals surface area (Å²) in [5, 5.41) is 7.90. The van der Waals surface area contributed by atoms with Crippen LogP contribution in [0.5, 0.6) is 0 Å². The molecule has 2 aromatic rings. The zero-order valence-electron chi connectivity index (χ0n) is 14.2. The van der Waals surface area contributed by atoms with Gasteiger partial charge in [0, 0.05) is 12.0 Å². The lowest BCUT2D eigenvalue weighted by molar-refractivity contribution is -0.121. The second-order valence-corrected chi connectivity index (χ2v) is 6.93. The molecule has 0 radical (unpaired) electrons. The molecular weight excluding hydrogens is 342 g/mol. The maximum atomic E-state index is 12.1. The van der Waals surface area contributed by atoms with E-state index in [-0.39, 0.29) is 30.4 Å². The van der Waals surface area contributed by atoms with Crippen molar-refractivity contribution in [3.63, 3.8) is 0 Å². The largest absolute Gasteiger partial charge is 0.469 e. The minimum Gasteiger partial charge on any atom is -0.469 e. The van der Waals surface area contributed by atoms with E-state index in [1.54, 1.807) is 18.4 Å². The van der Waals surface area contributed by atoms with Gasteiger partial charge in [0.2, 0.25) is 5.91 Å². The Morgan fingerprint density at radius 1 is 1.48 bits per heavy atom. The van der Waals surface area contributed by atoms with Crippen LogP contribution in [0.3, 0.4) is 0 Å². The summed E-state index contributed by atoms with van der Waals surface area (Å²) in [7, 11) is 0. The van der Waals surface area contributed by atoms with Gasteiger partial charge >= 0.3 is 0 Å². The maximum Gasteiger partial charge on any atom is 0.260 e. The molecule has 7 nitrogen and oxygen atoms in total. The van der Waals surface area contributed by atoms with Gasteiger partial charge in [-0.2, -0.15) is 0 Å². The first-order valence-corrected chi connectivity index (χ1v) is 9.11. The second-order valence-electron chi connectivity index (χ2n) is 6.07. The molecule has 8 heteroatoms. The van der Waals surface area contributed by atoms with Crippen LogP contribution in [-0.4, -0.2) is 35.6 Å². The Morgan fingerprint density at radius 3 is 3.00 bits per heavy atom. The molecule has 0 spiro atoms. The number of furan rings is 1. The summed E-state index contributed by atoms with van der Waals surface area (Å²) in [5.41, 5.74) is 1.10. The maximum absolute atomic E-state index is 12.1. The average molecular weight is 363 g/mol. The smallest absolute Gasteiger partial charge is 0.260 e. The average Bonchev–Trinajstić information content (AvgIpc) is 3.28. The SMILES string of the molecule is Cc1occc1C(=O)Nc1nc(CC(=O)NC(C)C2CCCO2)cs1. The third-order valence-electron chi connectivity index (χ3n) is 4.13. The van der Waals surface area contributed by atoms with Crippen LogP contribution >= 0.6 is 11.3 Å². The molecule has 2 amide bonds. The highest BCUT2D eigenvalue weighted by Crippen LogP contribution is 2.19. The van der Waals surface area contributed by atoms with Crippen LogP contribution in [0.25, 0.3) is 0 Å². The summed E-state index contributed by atoms with van der Waals surface area (Å²) < 4.78 is 10.7. The molecule has 1 saturated heterocycles. The Morgan fingerprint density at radius 2 is 2.32 bits per heavy atom. The molecule has 2 unspecified atom stereocenters. The Bertz CT molecular complexity index is 749. The van der Waals surface area contributed by atoms with Gasteiger partial charge in [-0.3, -0.25) is 14.9 Å². The molecule has 1 aliphatic rings. The van der Waals surface area contributed by atoms with Gasteiger partial charge in [0.05, 0.1) is 36.1 Å². The minimum atomic E-state index is -0.274. The highest BCUT2D eigenvalue weighted by molar-refractivity contribution is 7.14. The molecule has 0 aliphatic carbocycles. The van der Waals surface area contributed by atoms with E-state index < -0.39 is 0 Å². The molecule has 0 aromatic carbocycles. The van der Waals surface area contributed by atoms with E-state index in [0.717, 1.165) is 19.4 Å². The predicted molar refractivity (Wildman–Crippen MR) is 93.8 cm³/mol. The van der Waals surface area contributed by atoms with Crippen molar-refractivity contribution in [2.45, 2.75) is 45.3 Å². The summed E-state index contributed by atoms with van der Waals surface area (Å²) in [4.78, 5) is 28.6. The lowest BCUT2D eigenvalue weighted by Crippen LogP contribution is -2.41. The van der Waals surface area contributed by atoms with E-state index in [1.807, 2.05) is 6.92 Å². The molecule has 0 saturated carbocycles. The number of nitrogens with one attached hydrogen (secondary N) is 2. The van der Waals surface area contributed by atoms with Crippen molar-refractivity contribution in [3.05, 3.63) is 34.7 Å². The number of hydrogen-bond acceptors (Lipinski definition) is 6. The number of amides is 2. The molecule has 2 N–H and O–H groups in total. The Labute approximate surface area is 149 Å². The van der Waals surface area contributed by atoms with Crippen LogP contribution in [0.1, 0.15) is 41.6 Å². The van der Waals surface area contributed by atoms with Gasteiger partial charge in [0.1, 0.15) is 5.76 Å². The fourth-order valence-corrected chi connectivity index (χ4v) is 3.50. The monoisotopic (exact) mass is 363 g/mol. The number of carbonyl (C=O) groups excluding carboxylic acids is 2. The zero-order valence-corrected chi connectivity index (χ0v) is 15.0. The third-order valence-corrected chi connectivity index (χ3v) is 4.94. The van der Waals surface area contributed by atoms with E-state index in [4.69, 9.17) is 9.15 Å². The van der Waals surface area contributed by atoms with Gasteiger partial charge in [0.15, 0.2) is 5.13 Å². The number of anilines is 1. The topological polar surface area (TPSA) is 93.5 Å². The molecule has 1 fully saturated rings. The van der Waals surface area contributed by atoms with Gasteiger partial charge in [-0.15, -0.1) is 11.3 Å². The number of hydrogen-bond donors (Lipinski definition) is 2. The number of rotatable bonds is 6. The van der Waals surface area contributed by atoms with Crippen LogP contribution < -0.4 is 10.6 Å². The minimum absolute atomic E-state index is 0.0168. The quantitative estimate of drug-likeness (QED) is 0.822. The van der Waals surface area contributed by atoms with Gasteiger partial charge in [0.25, 0.3) is 5.91 Å². The molecule has 3 heterocycles. The van der Waals surface area contributed by atoms with E-state index in [2.05, 4.69) is 15.6 Å². The van der Waals surface area contributed by atoms with Gasteiger partial charge in [-0.1, -0.05) is 0 Å². The first-order chi connectivity index (χ1) is 12.0. The molecule has 3 rings (SSSR count). The van der Waals surface area contributed by atoms with Crippen molar-refractivity contribution in [1.82, 2.24) is 10.3 Å². The molecule has 2 aromatic heterocycles. The second kappa shape index (κ2) is 7.79. The highest BCUT2D eigenvalue weighted by Gasteiger charge is 2.24. The summed E-state index contributed by atoms with van der Waals surface area (Å²) in [6.45, 7) is 4.44. The lowest BCUT2D eigenvalue weighted by Gasteiger charge is -2.19. The first-order valence-electron chi connectivity index (χ1n) is 8.23. The Hall–Kier alpha value is -2.19. The summed E-state index contributed by atoms with van der Waals surface area (Å²) in [6, 6.07) is 1.59. The van der Waals surface area contributed by atoms with Crippen molar-refractivity contribution >= 4 is 28.3 Å². The third kappa shape index (κ3) is 4.46. The van der Waals surface area contributed by atoms with Gasteiger partial charge < -0.3 is 14.5 Å². The Balaban J connectivity index is 1.52. The van der Waals surface area contributed by atoms with Crippen molar-refractivity contribution in [2.75, 3.05) is 11.9 Å². The number of nitrogens with zero attached hydrogens (tertiary/aromatic N) is 1. The number of thiazole rings is 1. The lowest BCUT2D eigenvalue weighted by atomic mass is 10.1. The number of ether oxygens (including phenoxy) is 1. The number of aromatic nitrogens is 1. The first kappa shape index (κ1) is 17.6. The fourth-order valence-electron chi connectivity index (χ4n) is 2.79. The predicted octanol–water partition coefficient (Wildman–Crippen LogP) is 2.52. The van der Waals surface area contributed by atoms with E-state index in [9.17, 15) is 9.59 Å². The standard InChI is InChI=1S/C17H21N3O4S/c1-10(14-4-3-6-24-14)18-15(21)8-12-9-25-17(19-12)20-16(22)13-5-7-23-11(13)2/h5,7,9-10,14H,3-4,6,8H2,1-2H3,(H,18,21)(H,19,20,22). The van der Waals surface area contributed by atoms with E-state index >= 15 is 0 Å². The number of carbonyl (C=O) groups is 2. The van der Waals surface area contributed by atoms with Crippen molar-refractivity contribution < 1.29 is 18.7 Å². The molecule has 25 heavy (non-hydrogen) atoms. The fraction of sp³-hybridized carbons (Fsp3) is 0.471. The Kier molecular flexibility index (Phi) is 5.50. The normalized spacial score (nSPS) is 18.1. The molecule has 0 bridgehead atoms. The molecule has 1 aliphatic heterocycles. The molecular formula is C17H21N3O4S. The zero-order chi connectivity index (χ0) is 17.8. The van der Waals surface area contributed by atoms with Crippen LogP contribution in [0.15, 0.2) is 22.1 Å². The van der Waals surface area contributed by atoms with Crippen molar-refractivity contribution in [3.8, 4) is 0 Å². The van der Waals surface area contributed by atoms with E-state index in [0.29, 0.717) is 22.1 Å². The van der Waals surface area contributed by atoms with Crippen LogP contribution in [-0.2, 0) is 16.0 Å². The summed E-state index contributed by atoms with van der Waals surface area (Å²) >= 11 is 1.29. The summed E-state index contributed by atoms with van der Waals surface area (Å²) in [5.74, 6) is 0.178. The van der Waals surface area contributed by atoms with E-state index in [1.165, 1.54) is 17.6 Å². The number of aryl methyl sites for hydroxylation is 1. The van der Waals surface area contributed by atoms with Crippen molar-refractivity contribution in [1.29, 1.82) is 0 Å². The van der Waals surface area contributed by atoms with Gasteiger partial charge in [-0.05, 0) is 32.8 Å². The highest BCUT2D eigenvalue weighted by atomic mass is 32.1. The van der Waals surface area contributed by atoms with Crippen molar-refractivity contribution in [2.24, 2.45) is 0 Å². The van der Waals surface area contributed by atoms with Crippen LogP contribution in [0.4, 0.5) is 5.13 Å². The summed E-state index contributed by atoms with van der Waals surface area (Å²) in [6.07, 6.45) is 3.75. The molecule has 134 valence electrons. The van der Waals surface area contributed by atoms with Crippen LogP contribution in [0.2, 0.25) is 0 Å². The molecule has 2 atom stereocenters. The van der Waals surface area contributed by atoms with Crippen LogP contribution in [0, 0.1) is 6.92 Å².